The Kier molecular flexibility index (Phi) is 2.54. The average molecular weight is 209 g/mol. The van der Waals surface area contributed by atoms with E-state index in [-0.39, 0.29) is 5.54 Å². The molecule has 0 saturated heterocycles. The molecule has 1 unspecified atom stereocenters. The summed E-state index contributed by atoms with van der Waals surface area (Å²) in [4.78, 5) is 4.42. The van der Waals surface area contributed by atoms with Crippen LogP contribution < -0.4 is 5.73 Å². The van der Waals surface area contributed by atoms with Crippen LogP contribution in [-0.2, 0) is 5.54 Å². The molecule has 15 heavy (non-hydrogen) atoms. The third-order valence-corrected chi connectivity index (χ3v) is 3.52. The molecule has 2 N–H and O–H groups in total. The Morgan fingerprint density at radius 1 is 1.33 bits per heavy atom. The maximum Gasteiger partial charge on any atom is 0.229 e. The highest BCUT2D eigenvalue weighted by atomic mass is 16.5. The van der Waals surface area contributed by atoms with Gasteiger partial charge in [0.2, 0.25) is 5.89 Å². The maximum atomic E-state index is 6.13. The minimum atomic E-state index is -0.307. The fourth-order valence-electron chi connectivity index (χ4n) is 1.69. The van der Waals surface area contributed by atoms with Gasteiger partial charge in [-0.15, -0.1) is 0 Å². The van der Waals surface area contributed by atoms with Crippen LogP contribution in [0.3, 0.4) is 0 Å². The smallest absolute Gasteiger partial charge is 0.229 e. The van der Waals surface area contributed by atoms with Gasteiger partial charge in [-0.05, 0) is 25.2 Å². The molecule has 0 bridgehead atoms. The molecule has 0 spiro atoms. The zero-order chi connectivity index (χ0) is 11.1. The molecule has 1 atom stereocenters. The van der Waals surface area contributed by atoms with E-state index in [1.165, 1.54) is 6.42 Å². The van der Waals surface area contributed by atoms with Crippen molar-refractivity contribution in [1.29, 1.82) is 0 Å². The van der Waals surface area contributed by atoms with Crippen LogP contribution in [0.4, 0.5) is 0 Å². The summed E-state index contributed by atoms with van der Waals surface area (Å²) in [5.41, 5.74) is 5.82. The summed E-state index contributed by atoms with van der Waals surface area (Å²) in [5, 5.41) is 4.00. The van der Waals surface area contributed by atoms with Crippen LogP contribution in [-0.4, -0.2) is 10.1 Å². The summed E-state index contributed by atoms with van der Waals surface area (Å²) < 4.78 is 5.27. The number of aromatic nitrogens is 2. The van der Waals surface area contributed by atoms with E-state index in [1.807, 2.05) is 0 Å². The largest absolute Gasteiger partial charge is 0.339 e. The molecule has 1 aromatic rings. The first-order valence-corrected chi connectivity index (χ1v) is 5.66. The number of nitrogens with two attached hydrogens (primary N) is 1. The summed E-state index contributed by atoms with van der Waals surface area (Å²) >= 11 is 0. The molecule has 1 aliphatic rings. The molecule has 0 aliphatic heterocycles. The van der Waals surface area contributed by atoms with Gasteiger partial charge in [0, 0.05) is 5.92 Å². The van der Waals surface area contributed by atoms with Crippen LogP contribution in [0.15, 0.2) is 4.52 Å². The lowest BCUT2D eigenvalue weighted by Gasteiger charge is -2.34. The molecule has 4 heteroatoms. The molecule has 1 fully saturated rings. The summed E-state index contributed by atoms with van der Waals surface area (Å²) in [6.07, 6.45) is 3.12. The third kappa shape index (κ3) is 1.78. The Hall–Kier alpha value is -0.900. The zero-order valence-electron chi connectivity index (χ0n) is 9.66. The van der Waals surface area contributed by atoms with Crippen LogP contribution in [0.5, 0.6) is 0 Å². The molecular formula is C11H19N3O. The molecular weight excluding hydrogens is 190 g/mol. The maximum absolute atomic E-state index is 6.13. The fourth-order valence-corrected chi connectivity index (χ4v) is 1.69. The third-order valence-electron chi connectivity index (χ3n) is 3.52. The van der Waals surface area contributed by atoms with Crippen molar-refractivity contribution in [3.05, 3.63) is 11.7 Å². The predicted octanol–water partition coefficient (Wildman–Crippen LogP) is 2.17. The normalized spacial score (nSPS) is 21.4. The van der Waals surface area contributed by atoms with E-state index in [0.29, 0.717) is 17.7 Å². The van der Waals surface area contributed by atoms with E-state index in [4.69, 9.17) is 10.3 Å². The van der Waals surface area contributed by atoms with E-state index >= 15 is 0 Å². The van der Waals surface area contributed by atoms with E-state index < -0.39 is 0 Å². The monoisotopic (exact) mass is 209 g/mol. The van der Waals surface area contributed by atoms with Gasteiger partial charge < -0.3 is 10.3 Å². The number of rotatable bonds is 3. The van der Waals surface area contributed by atoms with Gasteiger partial charge in [-0.2, -0.15) is 4.98 Å². The lowest BCUT2D eigenvalue weighted by atomic mass is 9.77. The number of hydrogen-bond acceptors (Lipinski definition) is 4. The second kappa shape index (κ2) is 3.59. The molecule has 0 radical (unpaired) electrons. The highest BCUT2D eigenvalue weighted by Gasteiger charge is 2.39. The molecule has 0 aromatic carbocycles. The van der Waals surface area contributed by atoms with Crippen LogP contribution >= 0.6 is 0 Å². The van der Waals surface area contributed by atoms with Gasteiger partial charge in [0.05, 0.1) is 5.54 Å². The van der Waals surface area contributed by atoms with Crippen molar-refractivity contribution in [2.45, 2.75) is 51.5 Å². The predicted molar refractivity (Wildman–Crippen MR) is 57.3 cm³/mol. The molecule has 1 aliphatic carbocycles. The standard InChI is InChI=1S/C11H19N3O/c1-7(2)8(3)9-13-10(14-15-9)11(12)5-4-6-11/h7-8H,4-6,12H2,1-3H3. The van der Waals surface area contributed by atoms with E-state index in [9.17, 15) is 0 Å². The van der Waals surface area contributed by atoms with E-state index in [2.05, 4.69) is 30.9 Å². The first-order valence-electron chi connectivity index (χ1n) is 5.66. The van der Waals surface area contributed by atoms with Gasteiger partial charge in [-0.25, -0.2) is 0 Å². The summed E-state index contributed by atoms with van der Waals surface area (Å²) in [5.74, 6) is 2.22. The lowest BCUT2D eigenvalue weighted by Crippen LogP contribution is -2.44. The molecule has 2 rings (SSSR count). The first kappa shape index (κ1) is 10.6. The minimum absolute atomic E-state index is 0.301. The summed E-state index contributed by atoms with van der Waals surface area (Å²) in [7, 11) is 0. The number of nitrogens with zero attached hydrogens (tertiary/aromatic N) is 2. The van der Waals surface area contributed by atoms with E-state index in [0.717, 1.165) is 18.7 Å². The highest BCUT2D eigenvalue weighted by molar-refractivity contribution is 5.09. The molecule has 1 aromatic heterocycles. The SMILES string of the molecule is CC(C)C(C)c1nc(C2(N)CCC2)no1. The van der Waals surface area contributed by atoms with Crippen molar-refractivity contribution in [3.63, 3.8) is 0 Å². The molecule has 0 amide bonds. The summed E-state index contributed by atoms with van der Waals surface area (Å²) in [6, 6.07) is 0. The van der Waals surface area contributed by atoms with Gasteiger partial charge in [-0.1, -0.05) is 25.9 Å². The number of hydrogen-bond donors (Lipinski definition) is 1. The van der Waals surface area contributed by atoms with Gasteiger partial charge in [-0.3, -0.25) is 0 Å². The molecule has 1 heterocycles. The van der Waals surface area contributed by atoms with Gasteiger partial charge in [0.1, 0.15) is 0 Å². The fraction of sp³-hybridized carbons (Fsp3) is 0.818. The second-order valence-electron chi connectivity index (χ2n) is 5.00. The Balaban J connectivity index is 2.17. The Bertz CT molecular complexity index is 341. The molecule has 1 saturated carbocycles. The van der Waals surface area contributed by atoms with Crippen molar-refractivity contribution in [2.24, 2.45) is 11.7 Å². The van der Waals surface area contributed by atoms with Crippen LogP contribution in [0.2, 0.25) is 0 Å². The quantitative estimate of drug-likeness (QED) is 0.828. The van der Waals surface area contributed by atoms with Crippen LogP contribution in [0.25, 0.3) is 0 Å². The van der Waals surface area contributed by atoms with Gasteiger partial charge in [0.25, 0.3) is 0 Å². The Labute approximate surface area is 90.2 Å². The van der Waals surface area contributed by atoms with Crippen molar-refractivity contribution in [2.75, 3.05) is 0 Å². The van der Waals surface area contributed by atoms with Crippen molar-refractivity contribution in [1.82, 2.24) is 10.1 Å². The van der Waals surface area contributed by atoms with Gasteiger partial charge in [0.15, 0.2) is 5.82 Å². The minimum Gasteiger partial charge on any atom is -0.339 e. The summed E-state index contributed by atoms with van der Waals surface area (Å²) in [6.45, 7) is 6.40. The van der Waals surface area contributed by atoms with Crippen molar-refractivity contribution < 1.29 is 4.52 Å². The lowest BCUT2D eigenvalue weighted by molar-refractivity contribution is 0.228. The van der Waals surface area contributed by atoms with Gasteiger partial charge >= 0.3 is 0 Å². The van der Waals surface area contributed by atoms with Crippen molar-refractivity contribution >= 4 is 0 Å². The Morgan fingerprint density at radius 3 is 2.47 bits per heavy atom. The molecule has 84 valence electrons. The molecule has 4 nitrogen and oxygen atoms in total. The Morgan fingerprint density at radius 2 is 2.00 bits per heavy atom. The highest BCUT2D eigenvalue weighted by Crippen LogP contribution is 2.37. The first-order chi connectivity index (χ1) is 7.03. The van der Waals surface area contributed by atoms with Crippen molar-refractivity contribution in [3.8, 4) is 0 Å². The second-order valence-corrected chi connectivity index (χ2v) is 5.00. The average Bonchev–Trinajstić information content (AvgIpc) is 2.61. The van der Waals surface area contributed by atoms with Crippen LogP contribution in [0.1, 0.15) is 57.7 Å². The zero-order valence-corrected chi connectivity index (χ0v) is 9.66. The van der Waals surface area contributed by atoms with E-state index in [1.54, 1.807) is 0 Å². The van der Waals surface area contributed by atoms with Crippen LogP contribution in [0, 0.1) is 5.92 Å². The topological polar surface area (TPSA) is 64.9 Å².